The number of hydrogen-bond acceptors (Lipinski definition) is 2. The Morgan fingerprint density at radius 1 is 1.25 bits per heavy atom. The summed E-state index contributed by atoms with van der Waals surface area (Å²) in [5, 5.41) is 3.19. The summed E-state index contributed by atoms with van der Waals surface area (Å²) in [6.45, 7) is 0.779. The highest BCUT2D eigenvalue weighted by Gasteiger charge is 2.39. The van der Waals surface area contributed by atoms with Gasteiger partial charge in [0.2, 0.25) is 5.91 Å². The first-order chi connectivity index (χ1) is 9.70. The van der Waals surface area contributed by atoms with Crippen LogP contribution in [-0.2, 0) is 10.2 Å². The van der Waals surface area contributed by atoms with E-state index < -0.39 is 0 Å². The average molecular weight is 272 g/mol. The fraction of sp³-hybridized carbons (Fsp3) is 0.588. The molecule has 0 aromatic heterocycles. The van der Waals surface area contributed by atoms with Gasteiger partial charge in [0.25, 0.3) is 0 Å². The Labute approximate surface area is 120 Å². The number of nitrogens with one attached hydrogen (secondary N) is 1. The lowest BCUT2D eigenvalue weighted by molar-refractivity contribution is -0.125. The molecule has 1 aromatic carbocycles. The van der Waals surface area contributed by atoms with Crippen molar-refractivity contribution >= 4 is 5.91 Å². The summed E-state index contributed by atoms with van der Waals surface area (Å²) in [5.74, 6) is 0.345. The van der Waals surface area contributed by atoms with Gasteiger partial charge in [-0.15, -0.1) is 0 Å². The molecule has 108 valence electrons. The predicted octanol–water partition coefficient (Wildman–Crippen LogP) is 2.35. The van der Waals surface area contributed by atoms with Crippen molar-refractivity contribution < 1.29 is 4.79 Å². The van der Waals surface area contributed by atoms with Crippen LogP contribution in [0.5, 0.6) is 0 Å². The highest BCUT2D eigenvalue weighted by Crippen LogP contribution is 2.43. The minimum absolute atomic E-state index is 0.137. The predicted molar refractivity (Wildman–Crippen MR) is 80.3 cm³/mol. The number of amides is 1. The second-order valence-corrected chi connectivity index (χ2v) is 6.49. The molecule has 20 heavy (non-hydrogen) atoms. The molecule has 3 nitrogen and oxygen atoms in total. The van der Waals surface area contributed by atoms with Crippen molar-refractivity contribution in [2.45, 2.75) is 50.0 Å². The zero-order valence-corrected chi connectivity index (χ0v) is 12.0. The molecule has 0 aliphatic heterocycles. The van der Waals surface area contributed by atoms with E-state index in [4.69, 9.17) is 5.73 Å². The van der Waals surface area contributed by atoms with Crippen LogP contribution in [0.1, 0.15) is 44.1 Å². The van der Waals surface area contributed by atoms with Gasteiger partial charge in [0.05, 0.1) is 0 Å². The second-order valence-electron chi connectivity index (χ2n) is 6.49. The Balaban J connectivity index is 1.60. The van der Waals surface area contributed by atoms with E-state index in [0.29, 0.717) is 0 Å². The third kappa shape index (κ3) is 2.59. The van der Waals surface area contributed by atoms with E-state index in [9.17, 15) is 4.79 Å². The van der Waals surface area contributed by atoms with E-state index in [-0.39, 0.29) is 23.3 Å². The van der Waals surface area contributed by atoms with Crippen molar-refractivity contribution in [3.63, 3.8) is 0 Å². The largest absolute Gasteiger partial charge is 0.355 e. The van der Waals surface area contributed by atoms with Crippen molar-refractivity contribution in [1.29, 1.82) is 0 Å². The van der Waals surface area contributed by atoms with Crippen molar-refractivity contribution in [3.8, 4) is 0 Å². The fourth-order valence-electron chi connectivity index (χ4n) is 3.62. The number of hydrogen-bond donors (Lipinski definition) is 2. The number of carbonyl (C=O) groups excluding carboxylic acids is 1. The first-order valence-corrected chi connectivity index (χ1v) is 7.78. The monoisotopic (exact) mass is 272 g/mol. The number of rotatable bonds is 4. The Morgan fingerprint density at radius 3 is 2.55 bits per heavy atom. The number of nitrogens with two attached hydrogens (primary N) is 1. The van der Waals surface area contributed by atoms with Gasteiger partial charge >= 0.3 is 0 Å². The first kappa shape index (κ1) is 13.6. The van der Waals surface area contributed by atoms with Gasteiger partial charge < -0.3 is 11.1 Å². The van der Waals surface area contributed by atoms with Crippen molar-refractivity contribution in [2.75, 3.05) is 6.54 Å². The van der Waals surface area contributed by atoms with Crippen LogP contribution in [0.3, 0.4) is 0 Å². The molecule has 0 radical (unpaired) electrons. The van der Waals surface area contributed by atoms with Gasteiger partial charge in [0.15, 0.2) is 0 Å². The molecular weight excluding hydrogens is 248 g/mol. The maximum atomic E-state index is 12.2. The molecule has 0 spiro atoms. The first-order valence-electron chi connectivity index (χ1n) is 7.78. The minimum Gasteiger partial charge on any atom is -0.355 e. The highest BCUT2D eigenvalue weighted by atomic mass is 16.1. The Morgan fingerprint density at radius 2 is 2.00 bits per heavy atom. The quantitative estimate of drug-likeness (QED) is 0.884. The molecule has 0 heterocycles. The lowest BCUT2D eigenvalue weighted by Crippen LogP contribution is -2.46. The summed E-state index contributed by atoms with van der Waals surface area (Å²) in [6, 6.07) is 10.8. The van der Waals surface area contributed by atoms with Crippen LogP contribution in [0, 0.1) is 5.92 Å². The molecule has 1 aromatic rings. The van der Waals surface area contributed by atoms with Gasteiger partial charge in [0.1, 0.15) is 0 Å². The van der Waals surface area contributed by atoms with Crippen LogP contribution in [-0.4, -0.2) is 18.5 Å². The van der Waals surface area contributed by atoms with E-state index in [0.717, 1.165) is 25.8 Å². The van der Waals surface area contributed by atoms with Gasteiger partial charge in [0, 0.05) is 23.9 Å². The Kier molecular flexibility index (Phi) is 3.79. The lowest BCUT2D eigenvalue weighted by atomic mass is 9.64. The van der Waals surface area contributed by atoms with Crippen molar-refractivity contribution in [2.24, 2.45) is 11.7 Å². The Bertz CT molecular complexity index is 467. The van der Waals surface area contributed by atoms with Crippen LogP contribution in [0.15, 0.2) is 30.3 Å². The third-order valence-electron chi connectivity index (χ3n) is 5.14. The molecule has 2 atom stereocenters. The number of carbonyl (C=O) groups is 1. The van der Waals surface area contributed by atoms with Gasteiger partial charge in [-0.05, 0) is 37.7 Å². The molecule has 2 aliphatic rings. The summed E-state index contributed by atoms with van der Waals surface area (Å²) in [4.78, 5) is 12.2. The van der Waals surface area contributed by atoms with Crippen LogP contribution >= 0.6 is 0 Å². The fourth-order valence-corrected chi connectivity index (χ4v) is 3.62. The van der Waals surface area contributed by atoms with Gasteiger partial charge in [-0.3, -0.25) is 4.79 Å². The van der Waals surface area contributed by atoms with Crippen LogP contribution in [0.2, 0.25) is 0 Å². The second kappa shape index (κ2) is 5.57. The van der Waals surface area contributed by atoms with E-state index in [2.05, 4.69) is 29.6 Å². The van der Waals surface area contributed by atoms with E-state index in [1.54, 1.807) is 0 Å². The van der Waals surface area contributed by atoms with E-state index in [1.807, 2.05) is 6.07 Å². The van der Waals surface area contributed by atoms with Gasteiger partial charge in [-0.25, -0.2) is 0 Å². The van der Waals surface area contributed by atoms with Gasteiger partial charge in [-0.2, -0.15) is 0 Å². The molecule has 3 N–H and O–H groups in total. The van der Waals surface area contributed by atoms with Crippen LogP contribution in [0.4, 0.5) is 0 Å². The summed E-state index contributed by atoms with van der Waals surface area (Å²) in [6.07, 6.45) is 6.42. The molecule has 2 unspecified atom stereocenters. The molecular formula is C17H24N2O. The Hall–Kier alpha value is -1.35. The summed E-state index contributed by atoms with van der Waals surface area (Å²) in [7, 11) is 0. The molecule has 0 bridgehead atoms. The van der Waals surface area contributed by atoms with Crippen molar-refractivity contribution in [3.05, 3.63) is 35.9 Å². The molecule has 2 fully saturated rings. The lowest BCUT2D eigenvalue weighted by Gasteiger charge is -2.42. The maximum absolute atomic E-state index is 12.2. The van der Waals surface area contributed by atoms with E-state index >= 15 is 0 Å². The topological polar surface area (TPSA) is 55.1 Å². The van der Waals surface area contributed by atoms with Crippen LogP contribution in [0.25, 0.3) is 0 Å². The van der Waals surface area contributed by atoms with Gasteiger partial charge in [-0.1, -0.05) is 36.8 Å². The molecule has 0 saturated heterocycles. The SMILES string of the molecule is NC1CCC(C(=O)NCC2(c3ccccc3)CCC2)C1. The normalized spacial score (nSPS) is 27.9. The summed E-state index contributed by atoms with van der Waals surface area (Å²) in [5.41, 5.74) is 7.44. The molecule has 3 heteroatoms. The standard InChI is InChI=1S/C17H24N2O/c18-15-8-7-13(11-15)16(20)19-12-17(9-4-10-17)14-5-2-1-3-6-14/h1-3,5-6,13,15H,4,7-12,18H2,(H,19,20). The highest BCUT2D eigenvalue weighted by molar-refractivity contribution is 5.79. The molecule has 2 saturated carbocycles. The van der Waals surface area contributed by atoms with Crippen molar-refractivity contribution in [1.82, 2.24) is 5.32 Å². The molecule has 1 amide bonds. The number of benzene rings is 1. The van der Waals surface area contributed by atoms with Crippen LogP contribution < -0.4 is 11.1 Å². The minimum atomic E-state index is 0.137. The molecule has 3 rings (SSSR count). The van der Waals surface area contributed by atoms with E-state index in [1.165, 1.54) is 24.8 Å². The zero-order valence-electron chi connectivity index (χ0n) is 12.0. The average Bonchev–Trinajstić information content (AvgIpc) is 2.85. The maximum Gasteiger partial charge on any atom is 0.223 e. The smallest absolute Gasteiger partial charge is 0.223 e. The molecule has 2 aliphatic carbocycles. The summed E-state index contributed by atoms with van der Waals surface area (Å²) >= 11 is 0. The third-order valence-corrected chi connectivity index (χ3v) is 5.14. The zero-order chi connectivity index (χ0) is 14.0. The summed E-state index contributed by atoms with van der Waals surface area (Å²) < 4.78 is 0.